The number of esters is 1. The molecule has 1 amide bonds. The van der Waals surface area contributed by atoms with E-state index in [4.69, 9.17) is 9.47 Å². The number of amides is 1. The van der Waals surface area contributed by atoms with Gasteiger partial charge in [-0.2, -0.15) is 4.98 Å². The van der Waals surface area contributed by atoms with Crippen LogP contribution in [0.3, 0.4) is 0 Å². The zero-order valence-corrected chi connectivity index (χ0v) is 19.1. The van der Waals surface area contributed by atoms with Gasteiger partial charge in [0.25, 0.3) is 5.92 Å². The highest BCUT2D eigenvalue weighted by atomic mass is 19.3. The number of ether oxygens (including phenoxy) is 2. The summed E-state index contributed by atoms with van der Waals surface area (Å²) in [4.78, 5) is 40.3. The van der Waals surface area contributed by atoms with Gasteiger partial charge in [-0.05, 0) is 18.9 Å². The van der Waals surface area contributed by atoms with Crippen LogP contribution >= 0.6 is 0 Å². The molecule has 0 saturated carbocycles. The summed E-state index contributed by atoms with van der Waals surface area (Å²) in [6.07, 6.45) is 1.70. The Labute approximate surface area is 186 Å². The molecule has 0 aliphatic carbocycles. The van der Waals surface area contributed by atoms with Crippen LogP contribution in [0.25, 0.3) is 0 Å². The second-order valence-electron chi connectivity index (χ2n) is 8.48. The highest BCUT2D eigenvalue weighted by molar-refractivity contribution is 5.91. The van der Waals surface area contributed by atoms with Gasteiger partial charge in [-0.3, -0.25) is 14.2 Å². The molecule has 0 bridgehead atoms. The number of hydrogen-bond acceptors (Lipinski definition) is 6. The van der Waals surface area contributed by atoms with Crippen molar-refractivity contribution in [3.05, 3.63) is 22.7 Å². The second kappa shape index (κ2) is 11.5. The van der Waals surface area contributed by atoms with E-state index in [0.29, 0.717) is 11.0 Å². The molecule has 1 aliphatic rings. The van der Waals surface area contributed by atoms with E-state index in [1.807, 2.05) is 13.8 Å². The van der Waals surface area contributed by atoms with Crippen molar-refractivity contribution < 1.29 is 27.8 Å². The van der Waals surface area contributed by atoms with E-state index >= 15 is 0 Å². The zero-order valence-electron chi connectivity index (χ0n) is 19.1. The quantitative estimate of drug-likeness (QED) is 0.506. The molecular formula is C22H33F2N3O5. The van der Waals surface area contributed by atoms with Crippen molar-refractivity contribution in [2.75, 3.05) is 11.9 Å². The number of unbranched alkanes of at least 4 members (excludes halogenated alkanes) is 1. The molecule has 1 unspecified atom stereocenters. The number of alkyl halides is 2. The zero-order chi connectivity index (χ0) is 23.9. The maximum atomic E-state index is 14.5. The van der Waals surface area contributed by atoms with E-state index in [1.54, 1.807) is 13.8 Å². The van der Waals surface area contributed by atoms with Crippen LogP contribution in [0.15, 0.2) is 17.1 Å². The Morgan fingerprint density at radius 3 is 2.62 bits per heavy atom. The molecule has 1 aliphatic heterocycles. The third kappa shape index (κ3) is 6.82. The van der Waals surface area contributed by atoms with E-state index < -0.39 is 36.3 Å². The van der Waals surface area contributed by atoms with Gasteiger partial charge in [0, 0.05) is 18.5 Å². The van der Waals surface area contributed by atoms with Crippen molar-refractivity contribution in [1.29, 1.82) is 0 Å². The van der Waals surface area contributed by atoms with Crippen molar-refractivity contribution in [1.82, 2.24) is 9.55 Å². The third-order valence-electron chi connectivity index (χ3n) is 5.31. The van der Waals surface area contributed by atoms with Crippen molar-refractivity contribution in [2.24, 2.45) is 11.8 Å². The van der Waals surface area contributed by atoms with E-state index in [-0.39, 0.29) is 30.2 Å². The summed E-state index contributed by atoms with van der Waals surface area (Å²) in [5.41, 5.74) is -0.965. The van der Waals surface area contributed by atoms with Crippen LogP contribution in [-0.4, -0.2) is 40.1 Å². The molecule has 2 rings (SSSR count). The normalized spacial score (nSPS) is 20.8. The van der Waals surface area contributed by atoms with Crippen molar-refractivity contribution >= 4 is 17.7 Å². The van der Waals surface area contributed by atoms with Gasteiger partial charge in [-0.15, -0.1) is 0 Å². The van der Waals surface area contributed by atoms with Crippen molar-refractivity contribution in [2.45, 2.75) is 84.5 Å². The summed E-state index contributed by atoms with van der Waals surface area (Å²) in [6.45, 7) is 6.98. The third-order valence-corrected chi connectivity index (χ3v) is 5.31. The molecule has 10 heteroatoms. The minimum atomic E-state index is -3.35. The lowest BCUT2D eigenvalue weighted by Crippen LogP contribution is -2.35. The number of halogens is 2. The molecule has 8 nitrogen and oxygen atoms in total. The first-order valence-corrected chi connectivity index (χ1v) is 11.2. The molecule has 0 aromatic carbocycles. The Morgan fingerprint density at radius 1 is 1.31 bits per heavy atom. The molecule has 3 atom stereocenters. The fourth-order valence-corrected chi connectivity index (χ4v) is 3.54. The monoisotopic (exact) mass is 457 g/mol. The van der Waals surface area contributed by atoms with Gasteiger partial charge in [0.2, 0.25) is 12.1 Å². The second-order valence-corrected chi connectivity index (χ2v) is 8.48. The molecule has 0 spiro atoms. The Balaban J connectivity index is 2.08. The smallest absolute Gasteiger partial charge is 0.351 e. The SMILES string of the molecule is CCCCC(CCC)C(=O)Nc1ccn([C@@H]2O[C@@H](COC(=O)C(C)C)CC2(F)F)c(=O)n1. The largest absolute Gasteiger partial charge is 0.463 e. The van der Waals surface area contributed by atoms with E-state index in [2.05, 4.69) is 10.3 Å². The predicted molar refractivity (Wildman–Crippen MR) is 114 cm³/mol. The summed E-state index contributed by atoms with van der Waals surface area (Å²) in [6, 6.07) is 1.30. The highest BCUT2D eigenvalue weighted by Crippen LogP contribution is 2.42. The maximum Gasteiger partial charge on any atom is 0.351 e. The van der Waals surface area contributed by atoms with Crippen molar-refractivity contribution in [3.63, 3.8) is 0 Å². The number of carbonyl (C=O) groups excluding carboxylic acids is 2. The lowest BCUT2D eigenvalue weighted by molar-refractivity contribution is -0.154. The number of hydrogen-bond donors (Lipinski definition) is 1. The molecule has 1 saturated heterocycles. The fourth-order valence-electron chi connectivity index (χ4n) is 3.54. The lowest BCUT2D eigenvalue weighted by atomic mass is 9.96. The van der Waals surface area contributed by atoms with Crippen LogP contribution < -0.4 is 11.0 Å². The minimum Gasteiger partial charge on any atom is -0.463 e. The van der Waals surface area contributed by atoms with Gasteiger partial charge < -0.3 is 14.8 Å². The standard InChI is InChI=1S/C22H33F2N3O5/c1-5-7-9-15(8-6-2)18(28)25-17-10-11-27(21(30)26-17)20-22(23,24)12-16(32-20)13-31-19(29)14(3)4/h10-11,14-16,20H,5-9,12-13H2,1-4H3,(H,25,26,28,30)/t15?,16-,20-/m1/s1. The van der Waals surface area contributed by atoms with Crippen LogP contribution in [0, 0.1) is 11.8 Å². The maximum absolute atomic E-state index is 14.5. The predicted octanol–water partition coefficient (Wildman–Crippen LogP) is 3.91. The van der Waals surface area contributed by atoms with Gasteiger partial charge >= 0.3 is 11.7 Å². The minimum absolute atomic E-state index is 0.0116. The van der Waals surface area contributed by atoms with Crippen molar-refractivity contribution in [3.8, 4) is 0 Å². The van der Waals surface area contributed by atoms with Crippen LogP contribution in [0.2, 0.25) is 0 Å². The number of carbonyl (C=O) groups is 2. The Kier molecular flexibility index (Phi) is 9.30. The molecule has 2 heterocycles. The number of anilines is 1. The summed E-state index contributed by atoms with van der Waals surface area (Å²) in [7, 11) is 0. The summed E-state index contributed by atoms with van der Waals surface area (Å²) in [5, 5.41) is 2.62. The number of aromatic nitrogens is 2. The average Bonchev–Trinajstić information content (AvgIpc) is 3.03. The molecule has 1 aromatic heterocycles. The topological polar surface area (TPSA) is 99.5 Å². The molecule has 1 N–H and O–H groups in total. The number of rotatable bonds is 11. The van der Waals surface area contributed by atoms with Gasteiger partial charge in [0.15, 0.2) is 0 Å². The summed E-state index contributed by atoms with van der Waals surface area (Å²) < 4.78 is 40.0. The molecule has 0 radical (unpaired) electrons. The average molecular weight is 458 g/mol. The van der Waals surface area contributed by atoms with Crippen LogP contribution in [0.5, 0.6) is 0 Å². The molecular weight excluding hydrogens is 424 g/mol. The number of nitrogens with one attached hydrogen (secondary N) is 1. The lowest BCUT2D eigenvalue weighted by Gasteiger charge is -2.20. The first-order chi connectivity index (χ1) is 15.1. The van der Waals surface area contributed by atoms with Gasteiger partial charge in [0.1, 0.15) is 18.5 Å². The first kappa shape index (κ1) is 25.9. The Hall–Kier alpha value is -2.36. The van der Waals surface area contributed by atoms with E-state index in [0.717, 1.165) is 31.9 Å². The number of nitrogens with zero attached hydrogens (tertiary/aromatic N) is 2. The summed E-state index contributed by atoms with van der Waals surface area (Å²) >= 11 is 0. The van der Waals surface area contributed by atoms with Crippen LogP contribution in [-0.2, 0) is 19.1 Å². The van der Waals surface area contributed by atoms with Crippen LogP contribution in [0.4, 0.5) is 14.6 Å². The van der Waals surface area contributed by atoms with E-state index in [9.17, 15) is 23.2 Å². The first-order valence-electron chi connectivity index (χ1n) is 11.2. The molecule has 32 heavy (non-hydrogen) atoms. The van der Waals surface area contributed by atoms with E-state index in [1.165, 1.54) is 6.07 Å². The van der Waals surface area contributed by atoms with Crippen LogP contribution in [0.1, 0.15) is 72.4 Å². The Bertz CT molecular complexity index is 843. The Morgan fingerprint density at radius 2 is 2.03 bits per heavy atom. The molecule has 180 valence electrons. The molecule has 1 aromatic rings. The molecule has 1 fully saturated rings. The fraction of sp³-hybridized carbons (Fsp3) is 0.727. The van der Waals surface area contributed by atoms with Gasteiger partial charge in [-0.25, -0.2) is 13.6 Å². The summed E-state index contributed by atoms with van der Waals surface area (Å²) in [5.74, 6) is -4.67. The van der Waals surface area contributed by atoms with Gasteiger partial charge in [-0.1, -0.05) is 47.0 Å². The van der Waals surface area contributed by atoms with Gasteiger partial charge in [0.05, 0.1) is 5.92 Å². The highest BCUT2D eigenvalue weighted by Gasteiger charge is 2.52.